The molecule has 2 unspecified atom stereocenters. The second kappa shape index (κ2) is 5.17. The fourth-order valence-electron chi connectivity index (χ4n) is 2.19. The third kappa shape index (κ3) is 2.68. The second-order valence-electron chi connectivity index (χ2n) is 4.37. The van der Waals surface area contributed by atoms with E-state index in [1.165, 1.54) is 12.1 Å². The van der Waals surface area contributed by atoms with E-state index < -0.39 is 0 Å². The number of carbonyl (C=O) groups is 1. The molecule has 1 aliphatic heterocycles. The van der Waals surface area contributed by atoms with Crippen LogP contribution in [0.25, 0.3) is 0 Å². The molecule has 0 spiro atoms. The molecular weight excluding hydrogens is 285 g/mol. The monoisotopic (exact) mass is 299 g/mol. The van der Waals surface area contributed by atoms with E-state index in [4.69, 9.17) is 0 Å². The minimum atomic E-state index is -0.255. The maximum Gasteiger partial charge on any atom is 0.236 e. The maximum atomic E-state index is 13.2. The van der Waals surface area contributed by atoms with Crippen molar-refractivity contribution in [3.8, 4) is 0 Å². The van der Waals surface area contributed by atoms with Gasteiger partial charge in [-0.15, -0.1) is 0 Å². The zero-order valence-electron chi connectivity index (χ0n) is 9.70. The van der Waals surface area contributed by atoms with E-state index in [2.05, 4.69) is 15.9 Å². The van der Waals surface area contributed by atoms with Crippen molar-refractivity contribution in [2.75, 3.05) is 6.54 Å². The van der Waals surface area contributed by atoms with Crippen LogP contribution in [0.1, 0.15) is 31.4 Å². The van der Waals surface area contributed by atoms with Gasteiger partial charge in [0.1, 0.15) is 5.82 Å². The van der Waals surface area contributed by atoms with Crippen molar-refractivity contribution >= 4 is 21.8 Å². The van der Waals surface area contributed by atoms with Crippen molar-refractivity contribution in [3.63, 3.8) is 0 Å². The minimum Gasteiger partial charge on any atom is -0.335 e. The van der Waals surface area contributed by atoms with Crippen LogP contribution < -0.4 is 0 Å². The summed E-state index contributed by atoms with van der Waals surface area (Å²) in [6, 6.07) is 6.38. The summed E-state index contributed by atoms with van der Waals surface area (Å²) in [4.78, 5) is 13.7. The van der Waals surface area contributed by atoms with Gasteiger partial charge in [0.25, 0.3) is 0 Å². The molecule has 1 aromatic rings. The Balaban J connectivity index is 2.19. The normalized spacial score (nSPS) is 22.6. The molecule has 17 heavy (non-hydrogen) atoms. The first kappa shape index (κ1) is 12.6. The summed E-state index contributed by atoms with van der Waals surface area (Å²) in [7, 11) is 0. The summed E-state index contributed by atoms with van der Waals surface area (Å²) in [6.45, 7) is 2.69. The summed E-state index contributed by atoms with van der Waals surface area (Å²) in [6.07, 6.45) is 1.87. The van der Waals surface area contributed by atoms with Gasteiger partial charge in [0.2, 0.25) is 5.91 Å². The molecule has 1 heterocycles. The van der Waals surface area contributed by atoms with Gasteiger partial charge in [-0.3, -0.25) is 4.79 Å². The number of piperidine rings is 1. The lowest BCUT2D eigenvalue weighted by Crippen LogP contribution is -2.43. The van der Waals surface area contributed by atoms with Gasteiger partial charge in [0.05, 0.1) is 10.9 Å². The molecule has 2 atom stereocenters. The lowest BCUT2D eigenvalue weighted by Gasteiger charge is -2.35. The first-order valence-electron chi connectivity index (χ1n) is 5.79. The molecule has 92 valence electrons. The molecule has 0 aromatic heterocycles. The minimum absolute atomic E-state index is 0.0708. The molecule has 1 fully saturated rings. The van der Waals surface area contributed by atoms with Crippen molar-refractivity contribution in [1.29, 1.82) is 0 Å². The van der Waals surface area contributed by atoms with Crippen LogP contribution in [0.3, 0.4) is 0 Å². The van der Waals surface area contributed by atoms with E-state index in [1.807, 2.05) is 17.9 Å². The maximum absolute atomic E-state index is 13.2. The van der Waals surface area contributed by atoms with Crippen LogP contribution in [0.5, 0.6) is 0 Å². The second-order valence-corrected chi connectivity index (χ2v) is 5.48. The predicted octanol–water partition coefficient (Wildman–Crippen LogP) is 3.27. The van der Waals surface area contributed by atoms with Gasteiger partial charge in [-0.2, -0.15) is 0 Å². The van der Waals surface area contributed by atoms with Crippen molar-refractivity contribution in [3.05, 3.63) is 35.6 Å². The van der Waals surface area contributed by atoms with Crippen molar-refractivity contribution in [2.45, 2.75) is 30.6 Å². The van der Waals surface area contributed by atoms with E-state index in [9.17, 15) is 9.18 Å². The van der Waals surface area contributed by atoms with Gasteiger partial charge >= 0.3 is 0 Å². The molecule has 0 radical (unpaired) electrons. The summed E-state index contributed by atoms with van der Waals surface area (Å²) in [5.74, 6) is -0.151. The Morgan fingerprint density at radius 3 is 3.00 bits per heavy atom. The molecule has 1 aliphatic rings. The van der Waals surface area contributed by atoms with E-state index in [-0.39, 0.29) is 22.6 Å². The number of halogens is 2. The quantitative estimate of drug-likeness (QED) is 0.768. The number of nitrogens with zero attached hydrogens (tertiary/aromatic N) is 1. The zero-order chi connectivity index (χ0) is 12.4. The fraction of sp³-hybridized carbons (Fsp3) is 0.462. The standard InChI is InChI=1S/C13H15BrFNO/c1-9(10-4-2-5-11(15)8-10)16-7-3-6-12(14)13(16)17/h2,4-5,8-9,12H,3,6-7H2,1H3. The zero-order valence-corrected chi connectivity index (χ0v) is 11.3. The van der Waals surface area contributed by atoms with E-state index in [0.29, 0.717) is 0 Å². The Morgan fingerprint density at radius 1 is 1.53 bits per heavy atom. The lowest BCUT2D eigenvalue weighted by molar-refractivity contribution is -0.134. The molecule has 2 rings (SSSR count). The van der Waals surface area contributed by atoms with E-state index in [0.717, 1.165) is 24.9 Å². The van der Waals surface area contributed by atoms with Crippen molar-refractivity contribution in [2.24, 2.45) is 0 Å². The molecule has 0 bridgehead atoms. The predicted molar refractivity (Wildman–Crippen MR) is 68.5 cm³/mol. The van der Waals surface area contributed by atoms with Gasteiger partial charge in [0, 0.05) is 6.54 Å². The van der Waals surface area contributed by atoms with Gasteiger partial charge in [-0.25, -0.2) is 4.39 Å². The third-order valence-corrected chi connectivity index (χ3v) is 4.06. The largest absolute Gasteiger partial charge is 0.335 e. The fourth-order valence-corrected chi connectivity index (χ4v) is 2.77. The third-order valence-electron chi connectivity index (χ3n) is 3.21. The highest BCUT2D eigenvalue weighted by atomic mass is 79.9. The average molecular weight is 300 g/mol. The topological polar surface area (TPSA) is 20.3 Å². The summed E-state index contributed by atoms with van der Waals surface area (Å²) in [5, 5.41) is 0. The summed E-state index contributed by atoms with van der Waals surface area (Å²) in [5.41, 5.74) is 0.847. The van der Waals surface area contributed by atoms with E-state index >= 15 is 0 Å². The van der Waals surface area contributed by atoms with Gasteiger partial charge in [-0.1, -0.05) is 28.1 Å². The molecule has 1 aromatic carbocycles. The van der Waals surface area contributed by atoms with Crippen LogP contribution in [0.2, 0.25) is 0 Å². The number of hydrogen-bond donors (Lipinski definition) is 0. The number of alkyl halides is 1. The summed E-state index contributed by atoms with van der Waals surface area (Å²) < 4.78 is 13.2. The Labute approximate surface area is 109 Å². The highest BCUT2D eigenvalue weighted by molar-refractivity contribution is 9.10. The number of amides is 1. The number of hydrogen-bond acceptors (Lipinski definition) is 1. The molecule has 0 N–H and O–H groups in total. The molecular formula is C13H15BrFNO. The number of rotatable bonds is 2. The number of benzene rings is 1. The molecule has 1 saturated heterocycles. The van der Waals surface area contributed by atoms with Crippen molar-refractivity contribution < 1.29 is 9.18 Å². The van der Waals surface area contributed by atoms with Crippen LogP contribution in [-0.2, 0) is 4.79 Å². The molecule has 1 amide bonds. The first-order valence-corrected chi connectivity index (χ1v) is 6.71. The van der Waals surface area contributed by atoms with Gasteiger partial charge < -0.3 is 4.90 Å². The lowest BCUT2D eigenvalue weighted by atomic mass is 10.0. The smallest absolute Gasteiger partial charge is 0.236 e. The van der Waals surface area contributed by atoms with Crippen LogP contribution in [0.15, 0.2) is 24.3 Å². The van der Waals surface area contributed by atoms with Crippen molar-refractivity contribution in [1.82, 2.24) is 4.90 Å². The van der Waals surface area contributed by atoms with Gasteiger partial charge in [0.15, 0.2) is 0 Å². The first-order chi connectivity index (χ1) is 8.09. The van der Waals surface area contributed by atoms with Crippen LogP contribution in [0, 0.1) is 5.82 Å². The number of carbonyl (C=O) groups excluding carboxylic acids is 1. The van der Waals surface area contributed by atoms with Crippen LogP contribution in [0.4, 0.5) is 4.39 Å². The Kier molecular flexibility index (Phi) is 3.82. The highest BCUT2D eigenvalue weighted by Gasteiger charge is 2.30. The van der Waals surface area contributed by atoms with E-state index in [1.54, 1.807) is 6.07 Å². The Morgan fingerprint density at radius 2 is 2.29 bits per heavy atom. The Bertz CT molecular complexity index is 424. The summed E-state index contributed by atoms with van der Waals surface area (Å²) >= 11 is 3.38. The molecule has 0 aliphatic carbocycles. The highest BCUT2D eigenvalue weighted by Crippen LogP contribution is 2.27. The Hall–Kier alpha value is -0.900. The van der Waals surface area contributed by atoms with Gasteiger partial charge in [-0.05, 0) is 37.5 Å². The molecule has 0 saturated carbocycles. The SMILES string of the molecule is CC(c1cccc(F)c1)N1CCCC(Br)C1=O. The average Bonchev–Trinajstić information content (AvgIpc) is 2.32. The van der Waals surface area contributed by atoms with Crippen LogP contribution in [-0.4, -0.2) is 22.2 Å². The molecule has 2 nitrogen and oxygen atoms in total. The van der Waals surface area contributed by atoms with Crippen LogP contribution >= 0.6 is 15.9 Å². The molecule has 4 heteroatoms. The number of likely N-dealkylation sites (tertiary alicyclic amines) is 1.